The van der Waals surface area contributed by atoms with Gasteiger partial charge < -0.3 is 19.5 Å². The van der Waals surface area contributed by atoms with Crippen molar-refractivity contribution < 1.29 is 32.2 Å². The highest BCUT2D eigenvalue weighted by molar-refractivity contribution is 7.89. The molecule has 2 aliphatic heterocycles. The first-order chi connectivity index (χ1) is 18.1. The van der Waals surface area contributed by atoms with Gasteiger partial charge >= 0.3 is 0 Å². The van der Waals surface area contributed by atoms with Crippen molar-refractivity contribution in [3.63, 3.8) is 0 Å². The number of amides is 2. The summed E-state index contributed by atoms with van der Waals surface area (Å²) < 4.78 is 44.4. The van der Waals surface area contributed by atoms with Gasteiger partial charge in [-0.15, -0.1) is 0 Å². The first kappa shape index (κ1) is 27.7. The number of carbonyl (C=O) groups excluding carboxylic acids is 2. The predicted octanol–water partition coefficient (Wildman–Crippen LogP) is 2.45. The van der Waals surface area contributed by atoms with Crippen LogP contribution in [0.1, 0.15) is 25.8 Å². The lowest BCUT2D eigenvalue weighted by atomic mass is 9.94. The Kier molecular flexibility index (Phi) is 8.47. The maximum absolute atomic E-state index is 13.4. The molecule has 1 N–H and O–H groups in total. The molecular formula is C27H35N3O7S. The molecule has 2 unspecified atom stereocenters. The molecule has 2 heterocycles. The van der Waals surface area contributed by atoms with E-state index in [2.05, 4.69) is 5.32 Å². The molecule has 2 aromatic carbocycles. The summed E-state index contributed by atoms with van der Waals surface area (Å²) >= 11 is 0. The molecule has 0 aliphatic carbocycles. The SMILES string of the molecule is COc1ccc(CCNC(=O)CN2C(=O)COc3ccc(S(=O)(=O)N4CC(C)CC(C)C4)cc32)cc1OC. The standard InChI is InChI=1S/C27H35N3O7S/c1-18-11-19(2)15-29(14-18)38(33,34)21-6-8-23-22(13-21)30(27(32)17-37-23)16-26(31)28-10-9-20-5-7-24(35-3)25(12-20)36-4/h5-8,12-13,18-19H,9-11,14-17H2,1-4H3,(H,28,31). The Hall–Kier alpha value is -3.31. The molecule has 0 aromatic heterocycles. The third-order valence-corrected chi connectivity index (χ3v) is 8.66. The maximum Gasteiger partial charge on any atom is 0.265 e. The number of anilines is 1. The second kappa shape index (κ2) is 11.6. The Labute approximate surface area is 223 Å². The summed E-state index contributed by atoms with van der Waals surface area (Å²) in [5.41, 5.74) is 1.22. The van der Waals surface area contributed by atoms with Crippen molar-refractivity contribution in [2.24, 2.45) is 11.8 Å². The number of ether oxygens (including phenoxy) is 3. The van der Waals surface area contributed by atoms with Crippen molar-refractivity contribution in [3.8, 4) is 17.2 Å². The van der Waals surface area contributed by atoms with Crippen molar-refractivity contribution in [2.45, 2.75) is 31.6 Å². The van der Waals surface area contributed by atoms with Gasteiger partial charge in [0.1, 0.15) is 12.3 Å². The molecule has 206 valence electrons. The summed E-state index contributed by atoms with van der Waals surface area (Å²) in [4.78, 5) is 26.8. The molecular weight excluding hydrogens is 510 g/mol. The molecule has 4 rings (SSSR count). The molecule has 2 aromatic rings. The zero-order valence-corrected chi connectivity index (χ0v) is 23.0. The fourth-order valence-corrected chi connectivity index (χ4v) is 6.75. The summed E-state index contributed by atoms with van der Waals surface area (Å²) in [5, 5.41) is 2.83. The zero-order valence-electron chi connectivity index (χ0n) is 22.2. The summed E-state index contributed by atoms with van der Waals surface area (Å²) in [5.74, 6) is 1.33. The quantitative estimate of drug-likeness (QED) is 0.515. The van der Waals surface area contributed by atoms with E-state index in [1.54, 1.807) is 26.4 Å². The third-order valence-electron chi connectivity index (χ3n) is 6.83. The predicted molar refractivity (Wildman–Crippen MR) is 142 cm³/mol. The van der Waals surface area contributed by atoms with Crippen LogP contribution in [0.15, 0.2) is 41.3 Å². The highest BCUT2D eigenvalue weighted by Crippen LogP contribution is 2.36. The van der Waals surface area contributed by atoms with Crippen molar-refractivity contribution in [2.75, 3.05) is 51.9 Å². The van der Waals surface area contributed by atoms with Crippen LogP contribution in [-0.4, -0.2) is 71.5 Å². The normalized spacial score (nSPS) is 19.9. The van der Waals surface area contributed by atoms with E-state index >= 15 is 0 Å². The van der Waals surface area contributed by atoms with Crippen molar-refractivity contribution >= 4 is 27.5 Å². The average Bonchev–Trinajstić information content (AvgIpc) is 2.89. The number of piperidine rings is 1. The van der Waals surface area contributed by atoms with E-state index in [0.717, 1.165) is 12.0 Å². The number of nitrogens with one attached hydrogen (secondary N) is 1. The summed E-state index contributed by atoms with van der Waals surface area (Å²) in [6.45, 7) is 4.86. The lowest BCUT2D eigenvalue weighted by Crippen LogP contribution is -2.45. The minimum Gasteiger partial charge on any atom is -0.493 e. The fraction of sp³-hybridized carbons (Fsp3) is 0.481. The highest BCUT2D eigenvalue weighted by atomic mass is 32.2. The molecule has 38 heavy (non-hydrogen) atoms. The first-order valence-corrected chi connectivity index (χ1v) is 14.1. The Morgan fingerprint density at radius 1 is 1.05 bits per heavy atom. The number of rotatable bonds is 9. The molecule has 0 bridgehead atoms. The number of nitrogens with zero attached hydrogens (tertiary/aromatic N) is 2. The molecule has 2 atom stereocenters. The smallest absolute Gasteiger partial charge is 0.265 e. The van der Waals surface area contributed by atoms with Gasteiger partial charge in [-0.1, -0.05) is 19.9 Å². The van der Waals surface area contributed by atoms with Crippen LogP contribution in [0.25, 0.3) is 0 Å². The Morgan fingerprint density at radius 3 is 2.45 bits per heavy atom. The maximum atomic E-state index is 13.4. The lowest BCUT2D eigenvalue weighted by molar-refractivity contribution is -0.125. The molecule has 0 radical (unpaired) electrons. The second-order valence-electron chi connectivity index (χ2n) is 9.96. The number of carbonyl (C=O) groups is 2. The molecule has 10 nitrogen and oxygen atoms in total. The van der Waals surface area contributed by atoms with Gasteiger partial charge in [0, 0.05) is 19.6 Å². The van der Waals surface area contributed by atoms with Gasteiger partial charge in [-0.2, -0.15) is 4.31 Å². The third kappa shape index (κ3) is 6.05. The van der Waals surface area contributed by atoms with Crippen LogP contribution in [0.4, 0.5) is 5.69 Å². The number of methoxy groups -OCH3 is 2. The highest BCUT2D eigenvalue weighted by Gasteiger charge is 2.34. The van der Waals surface area contributed by atoms with Gasteiger partial charge in [0.25, 0.3) is 5.91 Å². The van der Waals surface area contributed by atoms with E-state index in [1.807, 2.05) is 26.0 Å². The Bertz CT molecular complexity index is 1290. The number of fused-ring (bicyclic) bond motifs is 1. The van der Waals surface area contributed by atoms with E-state index in [0.29, 0.717) is 43.3 Å². The molecule has 2 amide bonds. The van der Waals surface area contributed by atoms with Crippen LogP contribution in [0.5, 0.6) is 17.2 Å². The van der Waals surface area contributed by atoms with Gasteiger partial charge in [-0.25, -0.2) is 8.42 Å². The number of benzene rings is 2. The van der Waals surface area contributed by atoms with E-state index in [-0.39, 0.29) is 41.5 Å². The number of sulfonamides is 1. The van der Waals surface area contributed by atoms with Crippen molar-refractivity contribution in [3.05, 3.63) is 42.0 Å². The van der Waals surface area contributed by atoms with Crippen LogP contribution in [0, 0.1) is 11.8 Å². The van der Waals surface area contributed by atoms with E-state index in [1.165, 1.54) is 21.3 Å². The van der Waals surface area contributed by atoms with Gasteiger partial charge in [0.2, 0.25) is 15.9 Å². The molecule has 0 spiro atoms. The minimum absolute atomic E-state index is 0.0784. The van der Waals surface area contributed by atoms with E-state index < -0.39 is 15.9 Å². The van der Waals surface area contributed by atoms with Gasteiger partial charge in [0.15, 0.2) is 18.1 Å². The Balaban J connectivity index is 1.45. The van der Waals surface area contributed by atoms with Crippen molar-refractivity contribution in [1.82, 2.24) is 9.62 Å². The summed E-state index contributed by atoms with van der Waals surface area (Å²) in [6.07, 6.45) is 1.53. The second-order valence-corrected chi connectivity index (χ2v) is 11.9. The first-order valence-electron chi connectivity index (χ1n) is 12.7. The largest absolute Gasteiger partial charge is 0.493 e. The van der Waals surface area contributed by atoms with Gasteiger partial charge in [0.05, 0.1) is 24.8 Å². The van der Waals surface area contributed by atoms with Crippen molar-refractivity contribution in [1.29, 1.82) is 0 Å². The molecule has 1 saturated heterocycles. The van der Waals surface area contributed by atoms with Crippen LogP contribution < -0.4 is 24.4 Å². The molecule has 0 saturated carbocycles. The average molecular weight is 546 g/mol. The van der Waals surface area contributed by atoms with Gasteiger partial charge in [-0.05, 0) is 60.6 Å². The summed E-state index contributed by atoms with van der Waals surface area (Å²) in [6, 6.07) is 10.0. The van der Waals surface area contributed by atoms with Crippen LogP contribution in [-0.2, 0) is 26.0 Å². The van der Waals surface area contributed by atoms with Crippen LogP contribution in [0.3, 0.4) is 0 Å². The number of hydrogen-bond donors (Lipinski definition) is 1. The van der Waals surface area contributed by atoms with E-state index in [4.69, 9.17) is 14.2 Å². The zero-order chi connectivity index (χ0) is 27.4. The van der Waals surface area contributed by atoms with Crippen LogP contribution >= 0.6 is 0 Å². The lowest BCUT2D eigenvalue weighted by Gasteiger charge is -2.34. The Morgan fingerprint density at radius 2 is 1.76 bits per heavy atom. The molecule has 2 aliphatic rings. The summed E-state index contributed by atoms with van der Waals surface area (Å²) in [7, 11) is -0.641. The fourth-order valence-electron chi connectivity index (χ4n) is 5.05. The minimum atomic E-state index is -3.77. The monoisotopic (exact) mass is 545 g/mol. The molecule has 11 heteroatoms. The van der Waals surface area contributed by atoms with Gasteiger partial charge in [-0.3, -0.25) is 14.5 Å². The topological polar surface area (TPSA) is 114 Å². The van der Waals surface area contributed by atoms with E-state index in [9.17, 15) is 18.0 Å². The van der Waals surface area contributed by atoms with Crippen LogP contribution in [0.2, 0.25) is 0 Å². The molecule has 1 fully saturated rings. The number of hydrogen-bond acceptors (Lipinski definition) is 7.